The smallest absolute Gasteiger partial charge is 0.184 e. The molecule has 1 aromatic rings. The van der Waals surface area contributed by atoms with Crippen LogP contribution in [0.4, 0.5) is 0 Å². The number of hydrogen-bond acceptors (Lipinski definition) is 5. The molecule has 1 aromatic carbocycles. The molecular formula is C14H18O5. The highest BCUT2D eigenvalue weighted by Gasteiger charge is 2.43. The van der Waals surface area contributed by atoms with Gasteiger partial charge in [0.1, 0.15) is 12.2 Å². The van der Waals surface area contributed by atoms with Crippen molar-refractivity contribution in [3.05, 3.63) is 35.9 Å². The van der Waals surface area contributed by atoms with Gasteiger partial charge < -0.3 is 24.1 Å². The van der Waals surface area contributed by atoms with E-state index in [2.05, 4.69) is 0 Å². The third-order valence-electron chi connectivity index (χ3n) is 3.53. The lowest BCUT2D eigenvalue weighted by atomic mass is 10.0. The van der Waals surface area contributed by atoms with Gasteiger partial charge in [-0.3, -0.25) is 0 Å². The molecule has 1 N–H and O–H groups in total. The summed E-state index contributed by atoms with van der Waals surface area (Å²) in [5.41, 5.74) is 0.946. The van der Waals surface area contributed by atoms with E-state index >= 15 is 0 Å². The fourth-order valence-electron chi connectivity index (χ4n) is 2.52. The zero-order valence-electron chi connectivity index (χ0n) is 10.8. The number of rotatable bonds is 2. The average molecular weight is 266 g/mol. The van der Waals surface area contributed by atoms with Gasteiger partial charge in [-0.05, 0) is 0 Å². The Balaban J connectivity index is 1.70. The predicted molar refractivity (Wildman–Crippen MR) is 66.3 cm³/mol. The molecule has 0 aromatic heterocycles. The Morgan fingerprint density at radius 2 is 2.00 bits per heavy atom. The first-order valence-corrected chi connectivity index (χ1v) is 6.46. The number of fused-ring (bicyclic) bond motifs is 1. The molecule has 2 unspecified atom stereocenters. The average Bonchev–Trinajstić information content (AvgIpc) is 2.47. The van der Waals surface area contributed by atoms with Crippen LogP contribution in [0.1, 0.15) is 18.3 Å². The zero-order chi connectivity index (χ0) is 13.2. The zero-order valence-corrected chi connectivity index (χ0v) is 10.8. The molecule has 5 heteroatoms. The molecule has 2 fully saturated rings. The van der Waals surface area contributed by atoms with Crippen molar-refractivity contribution in [2.75, 3.05) is 13.7 Å². The topological polar surface area (TPSA) is 57.2 Å². The highest BCUT2D eigenvalue weighted by atomic mass is 16.7. The molecule has 3 rings (SSSR count). The minimum Gasteiger partial charge on any atom is -0.390 e. The summed E-state index contributed by atoms with van der Waals surface area (Å²) in [5, 5.41) is 10.1. The van der Waals surface area contributed by atoms with Crippen molar-refractivity contribution in [1.29, 1.82) is 0 Å². The second kappa shape index (κ2) is 5.56. The van der Waals surface area contributed by atoms with Crippen molar-refractivity contribution in [1.82, 2.24) is 0 Å². The molecule has 0 saturated carbocycles. The highest BCUT2D eigenvalue weighted by Crippen LogP contribution is 2.33. The van der Waals surface area contributed by atoms with Gasteiger partial charge in [-0.25, -0.2) is 0 Å². The summed E-state index contributed by atoms with van der Waals surface area (Å²) in [4.78, 5) is 0. The van der Waals surface area contributed by atoms with Gasteiger partial charge in [0.2, 0.25) is 0 Å². The van der Waals surface area contributed by atoms with Crippen LogP contribution in [0.25, 0.3) is 0 Å². The summed E-state index contributed by atoms with van der Waals surface area (Å²) in [6, 6.07) is 9.70. The van der Waals surface area contributed by atoms with E-state index in [1.807, 2.05) is 30.3 Å². The van der Waals surface area contributed by atoms with Crippen molar-refractivity contribution in [3.8, 4) is 0 Å². The largest absolute Gasteiger partial charge is 0.390 e. The SMILES string of the molecule is CO[C@@H]1C[C@H](O)[C@@H]2OC(c3ccccc3)OCC2O1. The summed E-state index contributed by atoms with van der Waals surface area (Å²) in [6.07, 6.45) is -1.67. The first kappa shape index (κ1) is 13.0. The Morgan fingerprint density at radius 3 is 2.74 bits per heavy atom. The lowest BCUT2D eigenvalue weighted by molar-refractivity contribution is -0.334. The molecule has 0 aliphatic carbocycles. The van der Waals surface area contributed by atoms with Crippen molar-refractivity contribution in [3.63, 3.8) is 0 Å². The molecule has 0 radical (unpaired) electrons. The van der Waals surface area contributed by atoms with Gasteiger partial charge in [-0.2, -0.15) is 0 Å². The van der Waals surface area contributed by atoms with Crippen LogP contribution >= 0.6 is 0 Å². The van der Waals surface area contributed by atoms with Gasteiger partial charge in [0.25, 0.3) is 0 Å². The summed E-state index contributed by atoms with van der Waals surface area (Å²) in [5.74, 6) is 0. The predicted octanol–water partition coefficient (Wildman–Crippen LogP) is 1.22. The quantitative estimate of drug-likeness (QED) is 0.872. The summed E-state index contributed by atoms with van der Waals surface area (Å²) in [7, 11) is 1.56. The van der Waals surface area contributed by atoms with Gasteiger partial charge in [-0.15, -0.1) is 0 Å². The minimum atomic E-state index is -0.598. The number of ether oxygens (including phenoxy) is 4. The van der Waals surface area contributed by atoms with E-state index < -0.39 is 18.7 Å². The summed E-state index contributed by atoms with van der Waals surface area (Å²) >= 11 is 0. The molecular weight excluding hydrogens is 248 g/mol. The monoisotopic (exact) mass is 266 g/mol. The number of methoxy groups -OCH3 is 1. The van der Waals surface area contributed by atoms with Crippen LogP contribution < -0.4 is 0 Å². The highest BCUT2D eigenvalue weighted by molar-refractivity contribution is 5.16. The van der Waals surface area contributed by atoms with Crippen molar-refractivity contribution >= 4 is 0 Å². The Bertz CT molecular complexity index is 410. The van der Waals surface area contributed by atoms with Gasteiger partial charge in [0, 0.05) is 19.1 Å². The first-order valence-electron chi connectivity index (χ1n) is 6.46. The molecule has 2 aliphatic rings. The molecule has 0 spiro atoms. The number of benzene rings is 1. The maximum absolute atomic E-state index is 10.1. The van der Waals surface area contributed by atoms with Crippen LogP contribution in [-0.2, 0) is 18.9 Å². The van der Waals surface area contributed by atoms with Crippen molar-refractivity contribution in [2.45, 2.75) is 37.3 Å². The second-order valence-corrected chi connectivity index (χ2v) is 4.82. The molecule has 2 aliphatic heterocycles. The number of aliphatic hydroxyl groups is 1. The van der Waals surface area contributed by atoms with Crippen LogP contribution in [-0.4, -0.2) is 43.4 Å². The lowest BCUT2D eigenvalue weighted by Gasteiger charge is -2.43. The van der Waals surface area contributed by atoms with E-state index in [0.29, 0.717) is 13.0 Å². The fourth-order valence-corrected chi connectivity index (χ4v) is 2.52. The van der Waals surface area contributed by atoms with Gasteiger partial charge in [0.15, 0.2) is 12.6 Å². The summed E-state index contributed by atoms with van der Waals surface area (Å²) < 4.78 is 22.3. The third-order valence-corrected chi connectivity index (χ3v) is 3.53. The van der Waals surface area contributed by atoms with E-state index in [0.717, 1.165) is 5.56 Å². The van der Waals surface area contributed by atoms with Gasteiger partial charge in [-0.1, -0.05) is 30.3 Å². The Morgan fingerprint density at radius 1 is 1.21 bits per heavy atom. The van der Waals surface area contributed by atoms with E-state index in [4.69, 9.17) is 18.9 Å². The van der Waals surface area contributed by atoms with E-state index in [1.54, 1.807) is 7.11 Å². The first-order chi connectivity index (χ1) is 9.28. The van der Waals surface area contributed by atoms with Crippen molar-refractivity contribution < 1.29 is 24.1 Å². The van der Waals surface area contributed by atoms with Crippen LogP contribution in [0, 0.1) is 0 Å². The molecule has 0 bridgehead atoms. The number of aliphatic hydroxyl groups excluding tert-OH is 1. The van der Waals surface area contributed by atoms with Crippen LogP contribution in [0.3, 0.4) is 0 Å². The molecule has 104 valence electrons. The minimum absolute atomic E-state index is 0.284. The Labute approximate surface area is 112 Å². The standard InChI is InChI=1S/C14H18O5/c1-16-12-7-10(15)13-11(18-12)8-17-14(19-13)9-5-3-2-4-6-9/h2-6,10-15H,7-8H2,1H3/t10-,11?,12-,13-,14?/m0/s1. The second-order valence-electron chi connectivity index (χ2n) is 4.82. The van der Waals surface area contributed by atoms with Gasteiger partial charge in [0.05, 0.1) is 12.7 Å². The van der Waals surface area contributed by atoms with E-state index in [-0.39, 0.29) is 12.2 Å². The third kappa shape index (κ3) is 2.66. The van der Waals surface area contributed by atoms with E-state index in [9.17, 15) is 5.11 Å². The van der Waals surface area contributed by atoms with Crippen LogP contribution in [0.5, 0.6) is 0 Å². The maximum atomic E-state index is 10.1. The molecule has 5 nitrogen and oxygen atoms in total. The van der Waals surface area contributed by atoms with Gasteiger partial charge >= 0.3 is 0 Å². The molecule has 19 heavy (non-hydrogen) atoms. The van der Waals surface area contributed by atoms with Crippen molar-refractivity contribution in [2.24, 2.45) is 0 Å². The van der Waals surface area contributed by atoms with Crippen LogP contribution in [0.2, 0.25) is 0 Å². The fraction of sp³-hybridized carbons (Fsp3) is 0.571. The molecule has 2 heterocycles. The molecule has 0 amide bonds. The molecule has 5 atom stereocenters. The lowest BCUT2D eigenvalue weighted by Crippen LogP contribution is -2.55. The molecule has 2 saturated heterocycles. The summed E-state index contributed by atoms with van der Waals surface area (Å²) in [6.45, 7) is 0.390. The van der Waals surface area contributed by atoms with Crippen LogP contribution in [0.15, 0.2) is 30.3 Å². The normalized spacial score (nSPS) is 38.7. The van der Waals surface area contributed by atoms with E-state index in [1.165, 1.54) is 0 Å². The maximum Gasteiger partial charge on any atom is 0.184 e. The Hall–Kier alpha value is -0.980. The Kier molecular flexibility index (Phi) is 3.81. The number of hydrogen-bond donors (Lipinski definition) is 1.